The van der Waals surface area contributed by atoms with Crippen LogP contribution in [0.2, 0.25) is 0 Å². The number of furan rings is 2. The maximum atomic E-state index is 5.43. The lowest BCUT2D eigenvalue weighted by Gasteiger charge is -2.17. The molecule has 0 aliphatic heterocycles. The second-order valence-electron chi connectivity index (χ2n) is 4.79. The van der Waals surface area contributed by atoms with Gasteiger partial charge in [0.25, 0.3) is 0 Å². The van der Waals surface area contributed by atoms with E-state index in [0.717, 1.165) is 8.95 Å². The molecule has 2 rings (SSSR count). The van der Waals surface area contributed by atoms with Crippen molar-refractivity contribution in [2.24, 2.45) is 10.2 Å². The average molecular weight is 590 g/mol. The summed E-state index contributed by atoms with van der Waals surface area (Å²) >= 11 is 13.3. The van der Waals surface area contributed by atoms with Crippen molar-refractivity contribution in [1.82, 2.24) is 10.0 Å². The minimum absolute atomic E-state index is 0.650. The predicted molar refractivity (Wildman–Crippen MR) is 109 cm³/mol. The normalized spacial score (nSPS) is 11.8. The Hall–Kier alpha value is -0.580. The van der Waals surface area contributed by atoms with E-state index >= 15 is 0 Å². The van der Waals surface area contributed by atoms with E-state index in [-0.39, 0.29) is 0 Å². The second kappa shape index (κ2) is 9.21. The summed E-state index contributed by atoms with van der Waals surface area (Å²) in [6, 6.07) is 3.69. The van der Waals surface area contributed by atoms with Crippen LogP contribution in [0.5, 0.6) is 0 Å². The molecule has 0 radical (unpaired) electrons. The highest BCUT2D eigenvalue weighted by atomic mass is 79.9. The van der Waals surface area contributed by atoms with Gasteiger partial charge >= 0.3 is 0 Å². The lowest BCUT2D eigenvalue weighted by molar-refractivity contribution is 0.272. The fourth-order valence-corrected chi connectivity index (χ4v) is 2.79. The Morgan fingerprint density at radius 2 is 1.21 bits per heavy atom. The number of hydrogen-bond acceptors (Lipinski definition) is 6. The Morgan fingerprint density at radius 3 is 1.50 bits per heavy atom. The highest BCUT2D eigenvalue weighted by molar-refractivity contribution is 9.13. The largest absolute Gasteiger partial charge is 0.447 e. The van der Waals surface area contributed by atoms with E-state index in [4.69, 9.17) is 8.83 Å². The van der Waals surface area contributed by atoms with Crippen LogP contribution in [0.3, 0.4) is 0 Å². The molecule has 24 heavy (non-hydrogen) atoms. The first-order valence-corrected chi connectivity index (χ1v) is 9.92. The molecule has 10 heteroatoms. The van der Waals surface area contributed by atoms with Crippen molar-refractivity contribution in [3.05, 3.63) is 41.9 Å². The van der Waals surface area contributed by atoms with Gasteiger partial charge < -0.3 is 8.83 Å². The first-order valence-electron chi connectivity index (χ1n) is 6.75. The van der Waals surface area contributed by atoms with Crippen LogP contribution < -0.4 is 0 Å². The Balaban J connectivity index is 1.79. The van der Waals surface area contributed by atoms with Crippen molar-refractivity contribution in [3.63, 3.8) is 0 Å². The van der Waals surface area contributed by atoms with Crippen LogP contribution in [0.15, 0.2) is 49.5 Å². The third-order valence-electron chi connectivity index (χ3n) is 2.84. The van der Waals surface area contributed by atoms with Gasteiger partial charge in [0, 0.05) is 26.2 Å². The maximum Gasteiger partial charge on any atom is 0.184 e. The summed E-state index contributed by atoms with van der Waals surface area (Å²) in [5, 5.41) is 12.3. The number of halogens is 4. The molecule has 0 aromatic carbocycles. The van der Waals surface area contributed by atoms with Crippen LogP contribution in [0.25, 0.3) is 0 Å². The minimum Gasteiger partial charge on any atom is -0.447 e. The summed E-state index contributed by atoms with van der Waals surface area (Å²) in [6.45, 7) is 1.41. The van der Waals surface area contributed by atoms with Gasteiger partial charge in [0.2, 0.25) is 0 Å². The van der Waals surface area contributed by atoms with Gasteiger partial charge in [-0.15, -0.1) is 0 Å². The maximum absolute atomic E-state index is 5.43. The molecule has 0 saturated carbocycles. The van der Waals surface area contributed by atoms with E-state index in [9.17, 15) is 0 Å². The smallest absolute Gasteiger partial charge is 0.184 e. The van der Waals surface area contributed by atoms with E-state index in [1.54, 1.807) is 12.4 Å². The fraction of sp³-hybridized carbons (Fsp3) is 0.286. The van der Waals surface area contributed by atoms with Gasteiger partial charge in [-0.3, -0.25) is 10.0 Å². The molecule has 0 aliphatic carbocycles. The van der Waals surface area contributed by atoms with Gasteiger partial charge in [0.15, 0.2) is 9.34 Å². The molecular weight excluding hydrogens is 576 g/mol. The third-order valence-corrected chi connectivity index (χ3v) is 6.26. The summed E-state index contributed by atoms with van der Waals surface area (Å²) in [4.78, 5) is 0. The molecule has 0 aliphatic rings. The fourth-order valence-electron chi connectivity index (χ4n) is 1.57. The highest BCUT2D eigenvalue weighted by Crippen LogP contribution is 2.26. The average Bonchev–Trinajstić information content (AvgIpc) is 3.03. The topological polar surface area (TPSA) is 57.5 Å². The van der Waals surface area contributed by atoms with E-state index in [1.807, 2.05) is 36.2 Å². The molecular formula is C14H14Br4N4O2. The quantitative estimate of drug-likeness (QED) is 0.331. The van der Waals surface area contributed by atoms with E-state index in [2.05, 4.69) is 73.9 Å². The molecule has 0 fully saturated rings. The van der Waals surface area contributed by atoms with Crippen LogP contribution in [0.1, 0.15) is 11.5 Å². The first-order chi connectivity index (χ1) is 11.3. The molecule has 0 amide bonds. The van der Waals surface area contributed by atoms with Crippen LogP contribution in [0, 0.1) is 0 Å². The van der Waals surface area contributed by atoms with Gasteiger partial charge in [0.05, 0.1) is 34.5 Å². The predicted octanol–water partition coefficient (Wildman–Crippen LogP) is 5.15. The Morgan fingerprint density at radius 1 is 0.833 bits per heavy atom. The van der Waals surface area contributed by atoms with Crippen molar-refractivity contribution in [2.75, 3.05) is 27.2 Å². The van der Waals surface area contributed by atoms with Gasteiger partial charge in [-0.2, -0.15) is 10.2 Å². The van der Waals surface area contributed by atoms with Crippen LogP contribution in [-0.2, 0) is 0 Å². The first kappa shape index (κ1) is 19.7. The van der Waals surface area contributed by atoms with Gasteiger partial charge in [-0.05, 0) is 63.7 Å². The van der Waals surface area contributed by atoms with Crippen LogP contribution in [-0.4, -0.2) is 49.6 Å². The SMILES string of the molecule is CN(CCN(C)N=Cc1cc(Br)c(Br)o1)N=Cc1cc(Br)c(Br)o1. The highest BCUT2D eigenvalue weighted by Gasteiger charge is 2.05. The molecule has 2 heterocycles. The zero-order valence-corrected chi connectivity index (χ0v) is 19.2. The molecule has 130 valence electrons. The molecule has 6 nitrogen and oxygen atoms in total. The van der Waals surface area contributed by atoms with E-state index in [1.165, 1.54) is 0 Å². The minimum atomic E-state index is 0.650. The Labute approximate surface area is 173 Å². The van der Waals surface area contributed by atoms with E-state index in [0.29, 0.717) is 33.9 Å². The van der Waals surface area contributed by atoms with E-state index < -0.39 is 0 Å². The number of hydrogen-bond donors (Lipinski definition) is 0. The van der Waals surface area contributed by atoms with Gasteiger partial charge in [-0.25, -0.2) is 0 Å². The number of likely N-dealkylation sites (N-methyl/N-ethyl adjacent to an activating group) is 2. The summed E-state index contributed by atoms with van der Waals surface area (Å²) in [5.41, 5.74) is 0. The summed E-state index contributed by atoms with van der Waals surface area (Å²) in [5.74, 6) is 1.34. The molecule has 0 spiro atoms. The van der Waals surface area contributed by atoms with Crippen molar-refractivity contribution in [2.45, 2.75) is 0 Å². The molecule has 0 saturated heterocycles. The lowest BCUT2D eigenvalue weighted by atomic mass is 10.5. The zero-order chi connectivity index (χ0) is 17.7. The molecule has 0 unspecified atom stereocenters. The number of hydrazone groups is 2. The lowest BCUT2D eigenvalue weighted by Crippen LogP contribution is -2.25. The number of nitrogens with zero attached hydrogens (tertiary/aromatic N) is 4. The Kier molecular flexibility index (Phi) is 7.58. The van der Waals surface area contributed by atoms with Gasteiger partial charge in [0.1, 0.15) is 11.5 Å². The summed E-state index contributed by atoms with van der Waals surface area (Å²) in [7, 11) is 3.78. The second-order valence-corrected chi connectivity index (χ2v) is 7.94. The zero-order valence-electron chi connectivity index (χ0n) is 12.8. The monoisotopic (exact) mass is 586 g/mol. The summed E-state index contributed by atoms with van der Waals surface area (Å²) in [6.07, 6.45) is 3.33. The van der Waals surface area contributed by atoms with Crippen molar-refractivity contribution < 1.29 is 8.83 Å². The van der Waals surface area contributed by atoms with Crippen molar-refractivity contribution >= 4 is 76.1 Å². The molecule has 0 bridgehead atoms. The molecule has 0 N–H and O–H groups in total. The number of rotatable bonds is 7. The van der Waals surface area contributed by atoms with Gasteiger partial charge in [-0.1, -0.05) is 0 Å². The van der Waals surface area contributed by atoms with Crippen molar-refractivity contribution in [3.8, 4) is 0 Å². The Bertz CT molecular complexity index is 640. The molecule has 2 aromatic heterocycles. The standard InChI is InChI=1S/C14H14Br4N4O2/c1-21(19-7-9-5-11(15)13(17)23-9)3-4-22(2)20-8-10-6-12(16)14(18)24-10/h5-8H,3-4H2,1-2H3. The molecule has 2 aromatic rings. The summed E-state index contributed by atoms with van der Waals surface area (Å²) < 4.78 is 13.9. The van der Waals surface area contributed by atoms with Crippen molar-refractivity contribution in [1.29, 1.82) is 0 Å². The third kappa shape index (κ3) is 6.05. The van der Waals surface area contributed by atoms with Crippen LogP contribution >= 0.6 is 63.7 Å². The molecule has 0 atom stereocenters. The van der Waals surface area contributed by atoms with Crippen LogP contribution in [0.4, 0.5) is 0 Å².